The first-order valence-corrected chi connectivity index (χ1v) is 7.28. The highest BCUT2D eigenvalue weighted by atomic mass is 16.1. The lowest BCUT2D eigenvalue weighted by Gasteiger charge is -2.06. The minimum atomic E-state index is -0.481. The molecule has 1 aliphatic rings. The number of carbonyl (C=O) groups excluding carboxylic acids is 1. The highest BCUT2D eigenvalue weighted by Gasteiger charge is 2.57. The highest BCUT2D eigenvalue weighted by molar-refractivity contribution is 5.91. The number of hydrogen-bond acceptors (Lipinski definition) is 1. The van der Waals surface area contributed by atoms with Crippen molar-refractivity contribution in [3.63, 3.8) is 0 Å². The second kappa shape index (κ2) is 5.22. The molecule has 2 aromatic carbocycles. The van der Waals surface area contributed by atoms with Gasteiger partial charge in [-0.1, -0.05) is 59.9 Å². The zero-order chi connectivity index (χ0) is 14.9. The minimum Gasteiger partial charge on any atom is -0.298 e. The van der Waals surface area contributed by atoms with Crippen LogP contribution in [0, 0.1) is 24.2 Å². The second-order valence-electron chi connectivity index (χ2n) is 5.81. The number of carbonyl (C=O) groups is 1. The molecule has 0 heterocycles. The highest BCUT2D eigenvalue weighted by Crippen LogP contribution is 2.59. The molecule has 0 aromatic heterocycles. The summed E-state index contributed by atoms with van der Waals surface area (Å²) in [6, 6.07) is 18.3. The molecule has 0 saturated heterocycles. The van der Waals surface area contributed by atoms with E-state index in [0.29, 0.717) is 0 Å². The Bertz CT molecular complexity index is 716. The lowest BCUT2D eigenvalue weighted by molar-refractivity contribution is -0.120. The van der Waals surface area contributed by atoms with Crippen LogP contribution in [0.15, 0.2) is 54.6 Å². The van der Waals surface area contributed by atoms with E-state index in [4.69, 9.17) is 0 Å². The van der Waals surface area contributed by atoms with Gasteiger partial charge in [-0.25, -0.2) is 0 Å². The summed E-state index contributed by atoms with van der Waals surface area (Å²) in [5.74, 6) is 6.84. The van der Waals surface area contributed by atoms with Gasteiger partial charge in [-0.3, -0.25) is 4.79 Å². The van der Waals surface area contributed by atoms with Crippen molar-refractivity contribution in [2.45, 2.75) is 26.2 Å². The average Bonchev–Trinajstić information content (AvgIpc) is 3.23. The van der Waals surface area contributed by atoms with Crippen molar-refractivity contribution in [2.24, 2.45) is 5.41 Å². The van der Waals surface area contributed by atoms with Gasteiger partial charge in [-0.15, -0.1) is 0 Å². The van der Waals surface area contributed by atoms with Gasteiger partial charge >= 0.3 is 0 Å². The third-order valence-corrected chi connectivity index (χ3v) is 4.27. The summed E-state index contributed by atoms with van der Waals surface area (Å²) in [6.07, 6.45) is 0.839. The summed E-state index contributed by atoms with van der Waals surface area (Å²) in [7, 11) is 0. The quantitative estimate of drug-likeness (QED) is 0.753. The standard InChI is InChI=1S/C20H18O/c1-15-8-10-18(11-9-15)19-14-20(19,16(2)21)13-12-17-6-4-3-5-7-17/h3-11,19H,14H2,1-2H3/t19-,20-/m0/s1. The monoisotopic (exact) mass is 274 g/mol. The van der Waals surface area contributed by atoms with E-state index < -0.39 is 5.41 Å². The van der Waals surface area contributed by atoms with Crippen LogP contribution < -0.4 is 0 Å². The van der Waals surface area contributed by atoms with Gasteiger partial charge < -0.3 is 0 Å². The molecule has 0 spiro atoms. The van der Waals surface area contributed by atoms with Crippen LogP contribution >= 0.6 is 0 Å². The molecule has 0 N–H and O–H groups in total. The molecule has 0 radical (unpaired) electrons. The molecule has 0 amide bonds. The fourth-order valence-electron chi connectivity index (χ4n) is 2.78. The molecule has 1 saturated carbocycles. The molecule has 21 heavy (non-hydrogen) atoms. The van der Waals surface area contributed by atoms with Gasteiger partial charge in [0.05, 0.1) is 5.41 Å². The molecular formula is C20H18O. The number of benzene rings is 2. The Labute approximate surface area is 126 Å². The average molecular weight is 274 g/mol. The summed E-state index contributed by atoms with van der Waals surface area (Å²) >= 11 is 0. The molecular weight excluding hydrogens is 256 g/mol. The Kier molecular flexibility index (Phi) is 3.39. The Morgan fingerprint density at radius 1 is 1.10 bits per heavy atom. The molecule has 1 fully saturated rings. The van der Waals surface area contributed by atoms with E-state index in [2.05, 4.69) is 43.0 Å². The van der Waals surface area contributed by atoms with Gasteiger partial charge in [0, 0.05) is 11.5 Å². The third-order valence-electron chi connectivity index (χ3n) is 4.27. The molecule has 2 atom stereocenters. The normalized spacial score (nSPS) is 23.0. The first-order chi connectivity index (χ1) is 10.1. The van der Waals surface area contributed by atoms with Crippen molar-refractivity contribution in [3.8, 4) is 11.8 Å². The van der Waals surface area contributed by atoms with Crippen LogP contribution in [0.2, 0.25) is 0 Å². The zero-order valence-corrected chi connectivity index (χ0v) is 12.4. The first kappa shape index (κ1) is 13.6. The second-order valence-corrected chi connectivity index (χ2v) is 5.81. The third kappa shape index (κ3) is 2.62. The Hall–Kier alpha value is -2.33. The van der Waals surface area contributed by atoms with Gasteiger partial charge in [0.25, 0.3) is 0 Å². The molecule has 0 aliphatic heterocycles. The maximum atomic E-state index is 12.1. The first-order valence-electron chi connectivity index (χ1n) is 7.28. The Morgan fingerprint density at radius 2 is 1.76 bits per heavy atom. The van der Waals surface area contributed by atoms with Crippen molar-refractivity contribution < 1.29 is 4.79 Å². The lowest BCUT2D eigenvalue weighted by Crippen LogP contribution is -2.12. The topological polar surface area (TPSA) is 17.1 Å². The molecule has 0 bridgehead atoms. The number of Topliss-reactive ketones (excluding diaryl/α,β-unsaturated/α-hetero) is 1. The Balaban J connectivity index is 1.89. The smallest absolute Gasteiger partial charge is 0.148 e. The summed E-state index contributed by atoms with van der Waals surface area (Å²) in [4.78, 5) is 12.1. The maximum absolute atomic E-state index is 12.1. The molecule has 1 aliphatic carbocycles. The predicted octanol–water partition coefficient (Wildman–Crippen LogP) is 4.11. The van der Waals surface area contributed by atoms with Crippen molar-refractivity contribution in [3.05, 3.63) is 71.3 Å². The van der Waals surface area contributed by atoms with E-state index in [1.807, 2.05) is 30.3 Å². The van der Waals surface area contributed by atoms with Gasteiger partial charge in [0.15, 0.2) is 0 Å². The molecule has 1 nitrogen and oxygen atoms in total. The molecule has 104 valence electrons. The number of aryl methyl sites for hydroxylation is 1. The number of rotatable bonds is 2. The van der Waals surface area contributed by atoms with Crippen molar-refractivity contribution in [1.29, 1.82) is 0 Å². The van der Waals surface area contributed by atoms with Crippen molar-refractivity contribution >= 4 is 5.78 Å². The number of hydrogen-bond donors (Lipinski definition) is 0. The van der Waals surface area contributed by atoms with Crippen LogP contribution in [0.3, 0.4) is 0 Å². The maximum Gasteiger partial charge on any atom is 0.148 e. The SMILES string of the molecule is CC(=O)[C@]1(C#Cc2ccccc2)C[C@H]1c1ccc(C)cc1. The van der Waals surface area contributed by atoms with Crippen molar-refractivity contribution in [2.75, 3.05) is 0 Å². The van der Waals surface area contributed by atoms with E-state index in [-0.39, 0.29) is 11.7 Å². The summed E-state index contributed by atoms with van der Waals surface area (Å²) in [5.41, 5.74) is 2.94. The van der Waals surface area contributed by atoms with E-state index in [1.54, 1.807) is 6.92 Å². The van der Waals surface area contributed by atoms with Gasteiger partial charge in [0.2, 0.25) is 0 Å². The van der Waals surface area contributed by atoms with E-state index in [1.165, 1.54) is 11.1 Å². The van der Waals surface area contributed by atoms with Crippen LogP contribution in [-0.2, 0) is 4.79 Å². The summed E-state index contributed by atoms with van der Waals surface area (Å²) in [5, 5.41) is 0. The van der Waals surface area contributed by atoms with E-state index in [9.17, 15) is 4.79 Å². The summed E-state index contributed by atoms with van der Waals surface area (Å²) < 4.78 is 0. The Morgan fingerprint density at radius 3 is 2.38 bits per heavy atom. The summed E-state index contributed by atoms with van der Waals surface area (Å²) in [6.45, 7) is 3.73. The fraction of sp³-hybridized carbons (Fsp3) is 0.250. The minimum absolute atomic E-state index is 0.177. The van der Waals surface area contributed by atoms with Crippen LogP contribution in [0.4, 0.5) is 0 Å². The van der Waals surface area contributed by atoms with Crippen LogP contribution in [0.1, 0.15) is 36.0 Å². The molecule has 0 unspecified atom stereocenters. The van der Waals surface area contributed by atoms with Gasteiger partial charge in [-0.05, 0) is 38.0 Å². The lowest BCUT2D eigenvalue weighted by atomic mass is 9.95. The zero-order valence-electron chi connectivity index (χ0n) is 12.4. The predicted molar refractivity (Wildman–Crippen MR) is 85.0 cm³/mol. The van der Waals surface area contributed by atoms with Crippen LogP contribution in [-0.4, -0.2) is 5.78 Å². The van der Waals surface area contributed by atoms with Crippen LogP contribution in [0.25, 0.3) is 0 Å². The molecule has 2 aromatic rings. The van der Waals surface area contributed by atoms with E-state index >= 15 is 0 Å². The fourth-order valence-corrected chi connectivity index (χ4v) is 2.78. The van der Waals surface area contributed by atoms with Crippen molar-refractivity contribution in [1.82, 2.24) is 0 Å². The number of ketones is 1. The van der Waals surface area contributed by atoms with E-state index in [0.717, 1.165) is 12.0 Å². The van der Waals surface area contributed by atoms with Gasteiger partial charge in [-0.2, -0.15) is 0 Å². The molecule has 3 rings (SSSR count). The van der Waals surface area contributed by atoms with Crippen LogP contribution in [0.5, 0.6) is 0 Å². The van der Waals surface area contributed by atoms with Gasteiger partial charge in [0.1, 0.15) is 5.78 Å². The largest absolute Gasteiger partial charge is 0.298 e. The molecule has 1 heteroatoms.